The van der Waals surface area contributed by atoms with Crippen LogP contribution in [0.4, 0.5) is 0 Å². The normalized spacial score (nSPS) is 19.6. The molecule has 0 aliphatic carbocycles. The molecule has 2 aliphatic heterocycles. The Bertz CT molecular complexity index is 1150. The molecule has 2 atom stereocenters. The SMILES string of the molecule is COc1ccc(Br)cc1[C@H]1Oc2ccc(Cl)cc2[C@H]2CC(c3ccc(Cl)cc3)=NN21. The summed E-state index contributed by atoms with van der Waals surface area (Å²) in [5.41, 5.74) is 3.95. The van der Waals surface area contributed by atoms with Crippen LogP contribution in [-0.4, -0.2) is 17.8 Å². The fraction of sp³-hybridized carbons (Fsp3) is 0.174. The standard InChI is InChI=1S/C23H17BrCl2N2O2/c1-29-21-8-4-14(24)10-18(21)23-28-20(17-11-16(26)7-9-22(17)30-23)12-19(27-28)13-2-5-15(25)6-3-13/h2-11,20,23H,12H2,1H3/t20-,23-/m1/s1. The lowest BCUT2D eigenvalue weighted by Gasteiger charge is -2.38. The van der Waals surface area contributed by atoms with Gasteiger partial charge in [0.05, 0.1) is 24.4 Å². The number of hydrogen-bond donors (Lipinski definition) is 0. The molecule has 0 amide bonds. The highest BCUT2D eigenvalue weighted by Crippen LogP contribution is 2.49. The monoisotopic (exact) mass is 502 g/mol. The molecule has 0 spiro atoms. The second kappa shape index (κ2) is 7.80. The zero-order chi connectivity index (χ0) is 20.8. The largest absolute Gasteiger partial charge is 0.496 e. The van der Waals surface area contributed by atoms with E-state index in [1.807, 2.05) is 65.7 Å². The van der Waals surface area contributed by atoms with Crippen molar-refractivity contribution in [2.24, 2.45) is 5.10 Å². The molecule has 0 unspecified atom stereocenters. The van der Waals surface area contributed by atoms with Gasteiger partial charge in [0.25, 0.3) is 0 Å². The van der Waals surface area contributed by atoms with E-state index in [-0.39, 0.29) is 6.04 Å². The number of methoxy groups -OCH3 is 1. The lowest BCUT2D eigenvalue weighted by molar-refractivity contribution is -0.0203. The van der Waals surface area contributed by atoms with E-state index >= 15 is 0 Å². The third kappa shape index (κ3) is 3.45. The summed E-state index contributed by atoms with van der Waals surface area (Å²) in [4.78, 5) is 0. The number of ether oxygens (including phenoxy) is 2. The summed E-state index contributed by atoms with van der Waals surface area (Å²) >= 11 is 15.9. The summed E-state index contributed by atoms with van der Waals surface area (Å²) in [6.45, 7) is 0. The van der Waals surface area contributed by atoms with Crippen LogP contribution in [-0.2, 0) is 0 Å². The van der Waals surface area contributed by atoms with Gasteiger partial charge in [0.2, 0.25) is 6.23 Å². The fourth-order valence-corrected chi connectivity index (χ4v) is 4.66. The van der Waals surface area contributed by atoms with Crippen LogP contribution in [0.3, 0.4) is 0 Å². The number of rotatable bonds is 3. The summed E-state index contributed by atoms with van der Waals surface area (Å²) in [5, 5.41) is 8.35. The number of fused-ring (bicyclic) bond motifs is 3. The van der Waals surface area contributed by atoms with Crippen molar-refractivity contribution in [3.05, 3.63) is 91.9 Å². The zero-order valence-corrected chi connectivity index (χ0v) is 19.1. The Balaban J connectivity index is 1.64. The van der Waals surface area contributed by atoms with E-state index in [0.717, 1.165) is 44.8 Å². The second-order valence-corrected chi connectivity index (χ2v) is 8.98. The average Bonchev–Trinajstić information content (AvgIpc) is 3.19. The maximum absolute atomic E-state index is 6.43. The average molecular weight is 504 g/mol. The molecule has 2 heterocycles. The highest BCUT2D eigenvalue weighted by molar-refractivity contribution is 9.10. The van der Waals surface area contributed by atoms with Crippen molar-refractivity contribution >= 4 is 44.8 Å². The van der Waals surface area contributed by atoms with E-state index in [2.05, 4.69) is 15.9 Å². The number of hydrazone groups is 1. The van der Waals surface area contributed by atoms with E-state index in [4.69, 9.17) is 37.8 Å². The molecule has 7 heteroatoms. The first-order valence-corrected chi connectivity index (χ1v) is 11.0. The number of benzene rings is 3. The van der Waals surface area contributed by atoms with Crippen LogP contribution in [0, 0.1) is 0 Å². The van der Waals surface area contributed by atoms with E-state index in [1.165, 1.54) is 0 Å². The maximum Gasteiger partial charge on any atom is 0.217 e. The van der Waals surface area contributed by atoms with Gasteiger partial charge in [0.1, 0.15) is 11.5 Å². The molecule has 0 saturated carbocycles. The Morgan fingerprint density at radius 1 is 1.00 bits per heavy atom. The smallest absolute Gasteiger partial charge is 0.217 e. The Morgan fingerprint density at radius 3 is 2.53 bits per heavy atom. The molecule has 0 N–H and O–H groups in total. The lowest BCUT2D eigenvalue weighted by Crippen LogP contribution is -2.34. The van der Waals surface area contributed by atoms with E-state index in [1.54, 1.807) is 7.11 Å². The first-order valence-electron chi connectivity index (χ1n) is 9.45. The molecule has 3 aromatic carbocycles. The van der Waals surface area contributed by atoms with Gasteiger partial charge in [-0.1, -0.05) is 51.3 Å². The molecule has 2 aliphatic rings. The summed E-state index contributed by atoms with van der Waals surface area (Å²) in [6.07, 6.45) is 0.312. The number of hydrogen-bond acceptors (Lipinski definition) is 4. The predicted molar refractivity (Wildman–Crippen MR) is 123 cm³/mol. The van der Waals surface area contributed by atoms with E-state index < -0.39 is 6.23 Å². The molecule has 4 nitrogen and oxygen atoms in total. The van der Waals surface area contributed by atoms with Gasteiger partial charge in [0, 0.05) is 26.5 Å². The van der Waals surface area contributed by atoms with Gasteiger partial charge in [0.15, 0.2) is 0 Å². The van der Waals surface area contributed by atoms with Crippen molar-refractivity contribution in [1.29, 1.82) is 0 Å². The van der Waals surface area contributed by atoms with Crippen molar-refractivity contribution in [3.63, 3.8) is 0 Å². The second-order valence-electron chi connectivity index (χ2n) is 7.19. The molecule has 0 aromatic heterocycles. The summed E-state index contributed by atoms with van der Waals surface area (Å²) < 4.78 is 13.0. The minimum Gasteiger partial charge on any atom is -0.496 e. The molecular formula is C23H17BrCl2N2O2. The quantitative estimate of drug-likeness (QED) is 0.385. The van der Waals surface area contributed by atoms with Crippen LogP contribution < -0.4 is 9.47 Å². The molecule has 0 radical (unpaired) electrons. The number of nitrogens with zero attached hydrogens (tertiary/aromatic N) is 2. The first kappa shape index (κ1) is 19.7. The zero-order valence-electron chi connectivity index (χ0n) is 16.0. The molecule has 0 saturated heterocycles. The van der Waals surface area contributed by atoms with Crippen molar-refractivity contribution in [2.75, 3.05) is 7.11 Å². The van der Waals surface area contributed by atoms with Gasteiger partial charge >= 0.3 is 0 Å². The van der Waals surface area contributed by atoms with Crippen LogP contribution in [0.15, 0.2) is 70.2 Å². The van der Waals surface area contributed by atoms with Crippen LogP contribution in [0.2, 0.25) is 10.0 Å². The Kier molecular flexibility index (Phi) is 5.13. The van der Waals surface area contributed by atoms with Crippen molar-refractivity contribution in [3.8, 4) is 11.5 Å². The van der Waals surface area contributed by atoms with Crippen molar-refractivity contribution in [2.45, 2.75) is 18.7 Å². The van der Waals surface area contributed by atoms with Crippen LogP contribution in [0.5, 0.6) is 11.5 Å². The van der Waals surface area contributed by atoms with Crippen molar-refractivity contribution < 1.29 is 9.47 Å². The van der Waals surface area contributed by atoms with Crippen molar-refractivity contribution in [1.82, 2.24) is 5.01 Å². The van der Waals surface area contributed by atoms with E-state index in [0.29, 0.717) is 10.0 Å². The Hall–Kier alpha value is -2.21. The highest BCUT2D eigenvalue weighted by Gasteiger charge is 2.42. The summed E-state index contributed by atoms with van der Waals surface area (Å²) in [5.74, 6) is 1.55. The molecular weight excluding hydrogens is 487 g/mol. The third-order valence-electron chi connectivity index (χ3n) is 5.39. The van der Waals surface area contributed by atoms with Gasteiger partial charge in [-0.25, -0.2) is 5.01 Å². The summed E-state index contributed by atoms with van der Waals surface area (Å²) in [6, 6.07) is 19.4. The van der Waals surface area contributed by atoms with Crippen LogP contribution in [0.1, 0.15) is 35.4 Å². The highest BCUT2D eigenvalue weighted by atomic mass is 79.9. The van der Waals surface area contributed by atoms with Gasteiger partial charge in [-0.05, 0) is 54.1 Å². The molecule has 30 heavy (non-hydrogen) atoms. The molecule has 0 fully saturated rings. The van der Waals surface area contributed by atoms with Gasteiger partial charge in [-0.2, -0.15) is 5.10 Å². The Morgan fingerprint density at radius 2 is 1.77 bits per heavy atom. The molecule has 3 aromatic rings. The lowest BCUT2D eigenvalue weighted by atomic mass is 9.96. The van der Waals surface area contributed by atoms with E-state index in [9.17, 15) is 0 Å². The summed E-state index contributed by atoms with van der Waals surface area (Å²) in [7, 11) is 1.66. The minimum atomic E-state index is -0.430. The van der Waals surface area contributed by atoms with Crippen LogP contribution >= 0.6 is 39.1 Å². The third-order valence-corrected chi connectivity index (χ3v) is 6.37. The maximum atomic E-state index is 6.43. The van der Waals surface area contributed by atoms with Gasteiger partial charge in [-0.15, -0.1) is 0 Å². The number of halogens is 3. The molecule has 5 rings (SSSR count). The Labute approximate surface area is 193 Å². The molecule has 152 valence electrons. The van der Waals surface area contributed by atoms with Gasteiger partial charge in [-0.3, -0.25) is 0 Å². The van der Waals surface area contributed by atoms with Crippen LogP contribution in [0.25, 0.3) is 0 Å². The molecule has 0 bridgehead atoms. The first-order chi connectivity index (χ1) is 14.5. The minimum absolute atomic E-state index is 0.00631. The predicted octanol–water partition coefficient (Wildman–Crippen LogP) is 7.01. The topological polar surface area (TPSA) is 34.1 Å². The fourth-order valence-electron chi connectivity index (χ4n) is 3.98. The van der Waals surface area contributed by atoms with Gasteiger partial charge < -0.3 is 9.47 Å².